The molecule has 3 heterocycles. The van der Waals surface area contributed by atoms with Crippen LogP contribution in [0.4, 0.5) is 0 Å². The maximum absolute atomic E-state index is 7.75. The number of benzene rings is 3. The first kappa shape index (κ1) is 20.4. The summed E-state index contributed by atoms with van der Waals surface area (Å²) in [5.41, 5.74) is 4.02. The fourth-order valence-electron chi connectivity index (χ4n) is 3.92. The van der Waals surface area contributed by atoms with E-state index in [1.807, 2.05) is 54.7 Å². The van der Waals surface area contributed by atoms with Crippen LogP contribution in [-0.4, -0.2) is 14.5 Å². The standard InChI is InChI=1S/C28H17N3S.Pt/c1-2-11-25-23(10-1)24-15-14-21(19-26(24)31(25)27-12-3-5-16-29-27)20-8-7-9-22(18-20)32-28-13-4-6-17-30-28;/h1-17H;/q-2;+2/i17D;. The molecule has 0 amide bonds. The fraction of sp³-hybridized carbons (Fsp3) is 0. The Kier molecular flexibility index (Phi) is 5.78. The molecule has 33 heavy (non-hydrogen) atoms. The Hall–Kier alpha value is -3.20. The van der Waals surface area contributed by atoms with Crippen molar-refractivity contribution in [1.29, 1.82) is 0 Å². The van der Waals surface area contributed by atoms with Gasteiger partial charge in [-0.2, -0.15) is 30.3 Å². The third kappa shape index (κ3) is 4.13. The first-order chi connectivity index (χ1) is 16.3. The van der Waals surface area contributed by atoms with Gasteiger partial charge in [0, 0.05) is 17.9 Å². The summed E-state index contributed by atoms with van der Waals surface area (Å²) in [6.07, 6.45) is 2.08. The number of hydrogen-bond acceptors (Lipinski definition) is 3. The number of rotatable bonds is 4. The molecule has 0 saturated carbocycles. The van der Waals surface area contributed by atoms with Crippen molar-refractivity contribution in [2.24, 2.45) is 0 Å². The van der Waals surface area contributed by atoms with Crippen LogP contribution in [0, 0.1) is 12.1 Å². The molecule has 0 atom stereocenters. The van der Waals surface area contributed by atoms with Gasteiger partial charge in [-0.3, -0.25) is 0 Å². The summed E-state index contributed by atoms with van der Waals surface area (Å²) >= 11 is 1.50. The first-order valence-electron chi connectivity index (χ1n) is 10.8. The topological polar surface area (TPSA) is 30.7 Å². The predicted molar refractivity (Wildman–Crippen MR) is 130 cm³/mol. The van der Waals surface area contributed by atoms with Gasteiger partial charge in [-0.05, 0) is 41.2 Å². The Morgan fingerprint density at radius 2 is 1.58 bits per heavy atom. The van der Waals surface area contributed by atoms with Crippen molar-refractivity contribution >= 4 is 33.6 Å². The van der Waals surface area contributed by atoms with E-state index >= 15 is 0 Å². The van der Waals surface area contributed by atoms with Gasteiger partial charge in [0.15, 0.2) is 0 Å². The normalized spacial score (nSPS) is 11.3. The Morgan fingerprint density at radius 3 is 2.45 bits per heavy atom. The summed E-state index contributed by atoms with van der Waals surface area (Å²) < 4.78 is 9.91. The molecular weight excluding hydrogens is 605 g/mol. The summed E-state index contributed by atoms with van der Waals surface area (Å²) in [4.78, 5) is 9.82. The Bertz CT molecular complexity index is 1620. The third-order valence-corrected chi connectivity index (χ3v) is 6.21. The van der Waals surface area contributed by atoms with E-state index in [1.165, 1.54) is 17.1 Å². The second-order valence-electron chi connectivity index (χ2n) is 7.31. The minimum Gasteiger partial charge on any atom is -0.314 e. The van der Waals surface area contributed by atoms with Crippen molar-refractivity contribution in [1.82, 2.24) is 14.5 Å². The van der Waals surface area contributed by atoms with Crippen LogP contribution >= 0.6 is 11.8 Å². The SMILES string of the molecule is [2H]c1cccc(Sc2[c-]c(-c3[c-]c4c(cc3)c3ccccc3n4-c3ccccn3)ccc2)n1.[Pt+2]. The largest absolute Gasteiger partial charge is 2.00 e. The zero-order chi connectivity index (χ0) is 22.2. The molecule has 0 radical (unpaired) electrons. The second kappa shape index (κ2) is 9.35. The van der Waals surface area contributed by atoms with Gasteiger partial charge in [-0.15, -0.1) is 12.1 Å². The number of nitrogens with zero attached hydrogens (tertiary/aromatic N) is 3. The molecule has 3 nitrogen and oxygen atoms in total. The van der Waals surface area contributed by atoms with Crippen molar-refractivity contribution in [3.8, 4) is 16.9 Å². The van der Waals surface area contributed by atoms with Crippen LogP contribution in [0.1, 0.15) is 1.37 Å². The van der Waals surface area contributed by atoms with E-state index in [4.69, 9.17) is 1.37 Å². The maximum atomic E-state index is 7.75. The molecule has 3 aromatic heterocycles. The molecule has 0 unspecified atom stereocenters. The van der Waals surface area contributed by atoms with Crippen LogP contribution in [-0.2, 0) is 21.1 Å². The van der Waals surface area contributed by atoms with Gasteiger partial charge < -0.3 is 4.57 Å². The van der Waals surface area contributed by atoms with Gasteiger partial charge in [0.2, 0.25) is 0 Å². The number of aromatic nitrogens is 3. The average Bonchev–Trinajstić information content (AvgIpc) is 3.18. The molecule has 0 N–H and O–H groups in total. The quantitative estimate of drug-likeness (QED) is 0.199. The minimum absolute atomic E-state index is 0. The molecule has 3 aromatic carbocycles. The molecule has 5 heteroatoms. The van der Waals surface area contributed by atoms with Crippen LogP contribution in [0.15, 0.2) is 113 Å². The molecule has 6 rings (SSSR count). The molecular formula is C28H17N3PtS. The van der Waals surface area contributed by atoms with Gasteiger partial charge in [0.05, 0.1) is 6.40 Å². The summed E-state index contributed by atoms with van der Waals surface area (Å²) in [7, 11) is 0. The van der Waals surface area contributed by atoms with Crippen LogP contribution in [0.3, 0.4) is 0 Å². The Morgan fingerprint density at radius 1 is 0.727 bits per heavy atom. The number of fused-ring (bicyclic) bond motifs is 3. The molecule has 0 bridgehead atoms. The molecule has 0 aliphatic rings. The molecule has 0 aliphatic heterocycles. The van der Waals surface area contributed by atoms with E-state index < -0.39 is 0 Å². The Labute approximate surface area is 212 Å². The van der Waals surface area contributed by atoms with Crippen LogP contribution in [0.5, 0.6) is 0 Å². The first-order valence-corrected chi connectivity index (χ1v) is 11.1. The molecule has 0 aliphatic carbocycles. The summed E-state index contributed by atoms with van der Waals surface area (Å²) in [6.45, 7) is 0. The summed E-state index contributed by atoms with van der Waals surface area (Å²) in [5.74, 6) is 0.867. The number of para-hydroxylation sites is 1. The molecule has 0 fully saturated rings. The smallest absolute Gasteiger partial charge is 0.314 e. The van der Waals surface area contributed by atoms with Gasteiger partial charge >= 0.3 is 21.1 Å². The molecule has 0 saturated heterocycles. The molecule has 0 spiro atoms. The number of pyridine rings is 2. The monoisotopic (exact) mass is 623 g/mol. The average molecular weight is 624 g/mol. The second-order valence-corrected chi connectivity index (χ2v) is 8.37. The van der Waals surface area contributed by atoms with Crippen molar-refractivity contribution < 1.29 is 22.4 Å². The molecule has 6 aromatic rings. The van der Waals surface area contributed by atoms with E-state index in [0.717, 1.165) is 43.3 Å². The van der Waals surface area contributed by atoms with Crippen LogP contribution in [0.25, 0.3) is 38.8 Å². The number of hydrogen-bond donors (Lipinski definition) is 0. The predicted octanol–water partition coefficient (Wildman–Crippen LogP) is 6.99. The van der Waals surface area contributed by atoms with E-state index in [0.29, 0.717) is 0 Å². The van der Waals surface area contributed by atoms with Gasteiger partial charge in [0.1, 0.15) is 5.82 Å². The van der Waals surface area contributed by atoms with Gasteiger partial charge in [-0.1, -0.05) is 52.4 Å². The van der Waals surface area contributed by atoms with Gasteiger partial charge in [-0.25, -0.2) is 21.1 Å². The van der Waals surface area contributed by atoms with Crippen LogP contribution in [0.2, 0.25) is 0 Å². The molecule has 160 valence electrons. The van der Waals surface area contributed by atoms with E-state index in [1.54, 1.807) is 6.07 Å². The van der Waals surface area contributed by atoms with Crippen molar-refractivity contribution in [2.75, 3.05) is 0 Å². The third-order valence-electron chi connectivity index (χ3n) is 5.32. The van der Waals surface area contributed by atoms with Crippen molar-refractivity contribution in [3.63, 3.8) is 0 Å². The van der Waals surface area contributed by atoms with Gasteiger partial charge in [0.25, 0.3) is 0 Å². The fourth-order valence-corrected chi connectivity index (χ4v) is 4.70. The van der Waals surface area contributed by atoms with Crippen molar-refractivity contribution in [2.45, 2.75) is 9.92 Å². The van der Waals surface area contributed by atoms with E-state index in [-0.39, 0.29) is 27.2 Å². The van der Waals surface area contributed by atoms with Crippen molar-refractivity contribution in [3.05, 3.63) is 115 Å². The van der Waals surface area contributed by atoms with E-state index in [9.17, 15) is 0 Å². The summed E-state index contributed by atoms with van der Waals surface area (Å²) in [6, 6.07) is 37.2. The van der Waals surface area contributed by atoms with E-state index in [2.05, 4.69) is 63.1 Å². The Balaban J connectivity index is 0.00000241. The zero-order valence-corrected chi connectivity index (χ0v) is 20.4. The maximum Gasteiger partial charge on any atom is 2.00 e. The zero-order valence-electron chi connectivity index (χ0n) is 18.3. The van der Waals surface area contributed by atoms with Crippen LogP contribution < -0.4 is 0 Å². The minimum atomic E-state index is 0. The summed E-state index contributed by atoms with van der Waals surface area (Å²) in [5, 5.41) is 3.10.